The van der Waals surface area contributed by atoms with Crippen LogP contribution in [0, 0.1) is 0 Å². The van der Waals surface area contributed by atoms with Crippen molar-refractivity contribution < 1.29 is 4.74 Å². The Bertz CT molecular complexity index is 99.2. The van der Waals surface area contributed by atoms with Gasteiger partial charge in [-0.15, -0.1) is 0 Å². The molecule has 0 amide bonds. The van der Waals surface area contributed by atoms with Gasteiger partial charge >= 0.3 is 0 Å². The first kappa shape index (κ1) is 11.9. The molecule has 0 aliphatic carbocycles. The van der Waals surface area contributed by atoms with Gasteiger partial charge in [-0.1, -0.05) is 0 Å². The third-order valence-electron chi connectivity index (χ3n) is 1.40. The van der Waals surface area contributed by atoms with Gasteiger partial charge < -0.3 is 15.4 Å². The molecule has 0 aliphatic heterocycles. The van der Waals surface area contributed by atoms with Crippen LogP contribution in [0.3, 0.4) is 0 Å². The summed E-state index contributed by atoms with van der Waals surface area (Å²) in [6.07, 6.45) is 0. The van der Waals surface area contributed by atoms with Crippen LogP contribution in [0.5, 0.6) is 0 Å². The Morgan fingerprint density at radius 1 is 1.08 bits per heavy atom. The number of hydrogen-bond acceptors (Lipinski definition) is 3. The van der Waals surface area contributed by atoms with Crippen LogP contribution in [0.2, 0.25) is 0 Å². The molecule has 0 saturated carbocycles. The van der Waals surface area contributed by atoms with Crippen LogP contribution in [-0.4, -0.2) is 38.9 Å². The van der Waals surface area contributed by atoms with Crippen molar-refractivity contribution in [3.05, 3.63) is 0 Å². The highest BCUT2D eigenvalue weighted by Gasteiger charge is 2.06. The summed E-state index contributed by atoms with van der Waals surface area (Å²) in [6, 6.07) is 0. The maximum atomic E-state index is 5.34. The molecular weight excluding hydrogens is 152 g/mol. The van der Waals surface area contributed by atoms with Crippen molar-refractivity contribution in [2.24, 2.45) is 0 Å². The molecule has 0 aliphatic rings. The number of likely N-dealkylation sites (N-methyl/N-ethyl adjacent to an activating group) is 1. The first-order valence-corrected chi connectivity index (χ1v) is 4.53. The van der Waals surface area contributed by atoms with Crippen LogP contribution in [0.1, 0.15) is 20.8 Å². The summed E-state index contributed by atoms with van der Waals surface area (Å²) in [4.78, 5) is 0. The van der Waals surface area contributed by atoms with Gasteiger partial charge in [-0.05, 0) is 27.8 Å². The molecule has 0 spiro atoms. The molecule has 74 valence electrons. The summed E-state index contributed by atoms with van der Waals surface area (Å²) in [5.41, 5.74) is 0.201. The van der Waals surface area contributed by atoms with Crippen molar-refractivity contribution in [1.29, 1.82) is 0 Å². The maximum Gasteiger partial charge on any atom is 0.0591 e. The summed E-state index contributed by atoms with van der Waals surface area (Å²) < 4.78 is 5.34. The third-order valence-corrected chi connectivity index (χ3v) is 1.40. The molecule has 0 heterocycles. The maximum absolute atomic E-state index is 5.34. The Kier molecular flexibility index (Phi) is 6.34. The van der Waals surface area contributed by atoms with E-state index in [0.29, 0.717) is 0 Å². The van der Waals surface area contributed by atoms with Crippen molar-refractivity contribution in [2.45, 2.75) is 26.3 Å². The summed E-state index contributed by atoms with van der Waals surface area (Å²) in [5.74, 6) is 0. The monoisotopic (exact) mass is 174 g/mol. The average Bonchev–Trinajstić information content (AvgIpc) is 1.94. The average molecular weight is 174 g/mol. The quantitative estimate of drug-likeness (QED) is 0.579. The molecule has 3 heteroatoms. The van der Waals surface area contributed by atoms with E-state index in [9.17, 15) is 0 Å². The van der Waals surface area contributed by atoms with Gasteiger partial charge in [0.1, 0.15) is 0 Å². The Hall–Kier alpha value is -0.120. The highest BCUT2D eigenvalue weighted by atomic mass is 16.5. The normalized spacial score (nSPS) is 12.0. The second-order valence-corrected chi connectivity index (χ2v) is 3.89. The fourth-order valence-corrected chi connectivity index (χ4v) is 0.774. The van der Waals surface area contributed by atoms with E-state index >= 15 is 0 Å². The minimum absolute atomic E-state index is 0.201. The molecule has 12 heavy (non-hydrogen) atoms. The molecule has 0 radical (unpaired) electrons. The lowest BCUT2D eigenvalue weighted by atomic mass is 10.1. The van der Waals surface area contributed by atoms with Gasteiger partial charge in [0, 0.05) is 18.6 Å². The number of ether oxygens (including phenoxy) is 1. The zero-order chi connectivity index (χ0) is 9.45. The molecule has 0 aromatic heterocycles. The lowest BCUT2D eigenvalue weighted by Crippen LogP contribution is -2.38. The molecular formula is C9H22N2O. The van der Waals surface area contributed by atoms with Crippen molar-refractivity contribution in [3.8, 4) is 0 Å². The molecule has 2 N–H and O–H groups in total. The third kappa shape index (κ3) is 9.88. The molecule has 0 atom stereocenters. The second kappa shape index (κ2) is 6.40. The second-order valence-electron chi connectivity index (χ2n) is 3.89. The van der Waals surface area contributed by atoms with E-state index in [2.05, 4.69) is 31.4 Å². The Labute approximate surface area is 75.9 Å². The van der Waals surface area contributed by atoms with Crippen molar-refractivity contribution in [3.63, 3.8) is 0 Å². The lowest BCUT2D eigenvalue weighted by Gasteiger charge is -2.20. The molecule has 0 aromatic carbocycles. The van der Waals surface area contributed by atoms with Crippen molar-refractivity contribution in [1.82, 2.24) is 10.6 Å². The number of hydrogen-bond donors (Lipinski definition) is 2. The molecule has 0 saturated heterocycles. The van der Waals surface area contributed by atoms with Gasteiger partial charge in [-0.25, -0.2) is 0 Å². The zero-order valence-corrected chi connectivity index (χ0v) is 8.74. The molecule has 3 nitrogen and oxygen atoms in total. The summed E-state index contributed by atoms with van der Waals surface area (Å²) >= 11 is 0. The van der Waals surface area contributed by atoms with Gasteiger partial charge in [-0.3, -0.25) is 0 Å². The highest BCUT2D eigenvalue weighted by molar-refractivity contribution is 4.69. The lowest BCUT2D eigenvalue weighted by molar-refractivity contribution is 0.134. The van der Waals surface area contributed by atoms with Crippen LogP contribution in [0.15, 0.2) is 0 Å². The van der Waals surface area contributed by atoms with E-state index in [0.717, 1.165) is 26.3 Å². The van der Waals surface area contributed by atoms with Gasteiger partial charge in [0.05, 0.1) is 13.2 Å². The van der Waals surface area contributed by atoms with E-state index in [1.54, 1.807) is 0 Å². The predicted molar refractivity (Wildman–Crippen MR) is 52.5 cm³/mol. The van der Waals surface area contributed by atoms with Gasteiger partial charge in [0.25, 0.3) is 0 Å². The first-order chi connectivity index (χ1) is 5.56. The first-order valence-electron chi connectivity index (χ1n) is 4.53. The Morgan fingerprint density at radius 2 is 1.67 bits per heavy atom. The Morgan fingerprint density at radius 3 is 2.17 bits per heavy atom. The number of rotatable bonds is 6. The fraction of sp³-hybridized carbons (Fsp3) is 1.00. The minimum Gasteiger partial charge on any atom is -0.379 e. The summed E-state index contributed by atoms with van der Waals surface area (Å²) in [5, 5.41) is 6.38. The highest BCUT2D eigenvalue weighted by Crippen LogP contribution is 1.96. The molecule has 0 aromatic rings. The van der Waals surface area contributed by atoms with E-state index in [1.807, 2.05) is 7.05 Å². The van der Waals surface area contributed by atoms with Crippen LogP contribution in [0.25, 0.3) is 0 Å². The van der Waals surface area contributed by atoms with E-state index in [-0.39, 0.29) is 5.54 Å². The van der Waals surface area contributed by atoms with Crippen LogP contribution in [-0.2, 0) is 4.74 Å². The van der Waals surface area contributed by atoms with Gasteiger partial charge in [0.2, 0.25) is 0 Å². The topological polar surface area (TPSA) is 33.3 Å². The molecule has 0 unspecified atom stereocenters. The predicted octanol–water partition coefficient (Wildman–Crippen LogP) is 0.610. The van der Waals surface area contributed by atoms with Crippen LogP contribution < -0.4 is 10.6 Å². The molecule has 0 fully saturated rings. The fourth-order valence-electron chi connectivity index (χ4n) is 0.774. The SMILES string of the molecule is CNCCOCCNC(C)(C)C. The van der Waals surface area contributed by atoms with Crippen molar-refractivity contribution in [2.75, 3.05) is 33.4 Å². The van der Waals surface area contributed by atoms with Crippen molar-refractivity contribution >= 4 is 0 Å². The minimum atomic E-state index is 0.201. The zero-order valence-electron chi connectivity index (χ0n) is 8.74. The van der Waals surface area contributed by atoms with Gasteiger partial charge in [-0.2, -0.15) is 0 Å². The molecule has 0 bridgehead atoms. The van der Waals surface area contributed by atoms with Crippen LogP contribution in [0.4, 0.5) is 0 Å². The van der Waals surface area contributed by atoms with E-state index < -0.39 is 0 Å². The smallest absolute Gasteiger partial charge is 0.0591 e. The number of nitrogens with one attached hydrogen (secondary N) is 2. The Balaban J connectivity index is 3.01. The summed E-state index contributed by atoms with van der Waals surface area (Å²) in [7, 11) is 1.93. The van der Waals surface area contributed by atoms with Gasteiger partial charge in [0.15, 0.2) is 0 Å². The molecule has 0 rings (SSSR count). The standard InChI is InChI=1S/C9H22N2O/c1-9(2,3)11-6-8-12-7-5-10-4/h10-11H,5-8H2,1-4H3. The summed E-state index contributed by atoms with van der Waals surface area (Å²) in [6.45, 7) is 9.89. The van der Waals surface area contributed by atoms with E-state index in [4.69, 9.17) is 4.74 Å². The largest absolute Gasteiger partial charge is 0.379 e. The van der Waals surface area contributed by atoms with E-state index in [1.165, 1.54) is 0 Å². The van der Waals surface area contributed by atoms with Crippen LogP contribution >= 0.6 is 0 Å².